The van der Waals surface area contributed by atoms with Crippen LogP contribution in [0.1, 0.15) is 0 Å². The average molecular weight is 870 g/mol. The van der Waals surface area contributed by atoms with Gasteiger partial charge >= 0.3 is 0 Å². The quantitative estimate of drug-likeness (QED) is 0.161. The van der Waals surface area contributed by atoms with Crippen molar-refractivity contribution < 1.29 is 13.3 Å². The van der Waals surface area contributed by atoms with E-state index in [1.807, 2.05) is 72.8 Å². The summed E-state index contributed by atoms with van der Waals surface area (Å²) in [4.78, 5) is 14.8. The highest BCUT2D eigenvalue weighted by atomic mass is 16.3. The van der Waals surface area contributed by atoms with Crippen molar-refractivity contribution in [3.63, 3.8) is 0 Å². The number of aromatic nitrogens is 4. The van der Waals surface area contributed by atoms with Gasteiger partial charge in [0.05, 0.1) is 11.0 Å². The molecule has 0 N–H and O–H groups in total. The Balaban J connectivity index is 0.900. The maximum atomic E-state index is 6.70. The SMILES string of the molecule is [B]c1c([B])c([B])c(-c2nc(-c3ccc4c(c3)oc3ccccc34)nc(-c3ccc4c(c3)oc3cc(-c5cccc6oc7ccc(-n8c9ccccc9c9ccccc98)cc7c56)ccc34)n2)c([B])c1[B]. The molecule has 14 aromatic rings. The molecular formula is C57H27B5N4O3. The molecule has 69 heavy (non-hydrogen) atoms. The zero-order valence-corrected chi connectivity index (χ0v) is 36.5. The van der Waals surface area contributed by atoms with E-state index in [0.29, 0.717) is 33.9 Å². The lowest BCUT2D eigenvalue weighted by Crippen LogP contribution is -2.55. The van der Waals surface area contributed by atoms with E-state index in [-0.39, 0.29) is 38.7 Å². The van der Waals surface area contributed by atoms with Crippen LogP contribution in [0, 0.1) is 0 Å². The Hall–Kier alpha value is -8.49. The molecule has 5 heterocycles. The fourth-order valence-corrected chi connectivity index (χ4v) is 10.2. The second-order valence-corrected chi connectivity index (χ2v) is 17.4. The molecule has 308 valence electrons. The maximum absolute atomic E-state index is 6.70. The van der Waals surface area contributed by atoms with Gasteiger partial charge in [0.25, 0.3) is 0 Å². The third-order valence-electron chi connectivity index (χ3n) is 13.6. The largest absolute Gasteiger partial charge is 0.456 e. The van der Waals surface area contributed by atoms with E-state index in [4.69, 9.17) is 67.4 Å². The van der Waals surface area contributed by atoms with Crippen molar-refractivity contribution in [1.29, 1.82) is 0 Å². The number of fused-ring (bicyclic) bond motifs is 12. The predicted octanol–water partition coefficient (Wildman–Crippen LogP) is 9.30. The van der Waals surface area contributed by atoms with E-state index < -0.39 is 0 Å². The third kappa shape index (κ3) is 5.91. The molecule has 14 rings (SSSR count). The second kappa shape index (κ2) is 14.8. The zero-order valence-electron chi connectivity index (χ0n) is 36.5. The molecule has 0 saturated carbocycles. The molecule has 0 unspecified atom stereocenters. The zero-order chi connectivity index (χ0) is 46.2. The summed E-state index contributed by atoms with van der Waals surface area (Å²) >= 11 is 0. The van der Waals surface area contributed by atoms with Gasteiger partial charge in [0.1, 0.15) is 72.7 Å². The molecular weight excluding hydrogens is 843 g/mol. The van der Waals surface area contributed by atoms with Crippen LogP contribution in [0.25, 0.3) is 139 Å². The first-order chi connectivity index (χ1) is 33.8. The van der Waals surface area contributed by atoms with Crippen LogP contribution in [0.5, 0.6) is 0 Å². The van der Waals surface area contributed by atoms with E-state index in [0.717, 1.165) is 82.5 Å². The van der Waals surface area contributed by atoms with Crippen LogP contribution >= 0.6 is 0 Å². The molecule has 5 aromatic heterocycles. The number of para-hydroxylation sites is 3. The molecule has 7 nitrogen and oxygen atoms in total. The Labute approximate surface area is 399 Å². The topological polar surface area (TPSA) is 83.0 Å². The van der Waals surface area contributed by atoms with E-state index in [9.17, 15) is 0 Å². The van der Waals surface area contributed by atoms with Gasteiger partial charge in [-0.2, -0.15) is 0 Å². The van der Waals surface area contributed by atoms with Gasteiger partial charge in [-0.1, -0.05) is 95.9 Å². The number of furan rings is 3. The maximum Gasteiger partial charge on any atom is 0.164 e. The lowest BCUT2D eigenvalue weighted by molar-refractivity contribution is 0.668. The summed E-state index contributed by atoms with van der Waals surface area (Å²) in [5.74, 6) is 0.863. The van der Waals surface area contributed by atoms with Crippen molar-refractivity contribution >= 4 is 154 Å². The highest BCUT2D eigenvalue weighted by Crippen LogP contribution is 2.42. The average Bonchev–Trinajstić information content (AvgIpc) is 4.15. The van der Waals surface area contributed by atoms with Gasteiger partial charge in [-0.25, -0.2) is 15.0 Å². The van der Waals surface area contributed by atoms with E-state index >= 15 is 0 Å². The van der Waals surface area contributed by atoms with Crippen LogP contribution in [0.3, 0.4) is 0 Å². The molecule has 0 saturated heterocycles. The number of hydrogen-bond acceptors (Lipinski definition) is 6. The van der Waals surface area contributed by atoms with E-state index in [2.05, 4.69) is 95.6 Å². The minimum Gasteiger partial charge on any atom is -0.456 e. The van der Waals surface area contributed by atoms with Gasteiger partial charge in [0, 0.05) is 65.5 Å². The lowest BCUT2D eigenvalue weighted by Gasteiger charge is -2.20. The summed E-state index contributed by atoms with van der Waals surface area (Å²) in [5.41, 5.74) is 11.9. The first kappa shape index (κ1) is 39.7. The number of nitrogens with zero attached hydrogens (tertiary/aromatic N) is 4. The minimum atomic E-state index is 0.0910. The van der Waals surface area contributed by atoms with Gasteiger partial charge in [-0.05, 0) is 90.0 Å². The predicted molar refractivity (Wildman–Crippen MR) is 285 cm³/mol. The molecule has 0 atom stereocenters. The van der Waals surface area contributed by atoms with Crippen molar-refractivity contribution in [1.82, 2.24) is 19.5 Å². The third-order valence-corrected chi connectivity index (χ3v) is 13.6. The van der Waals surface area contributed by atoms with Crippen molar-refractivity contribution in [2.24, 2.45) is 0 Å². The lowest BCUT2D eigenvalue weighted by atomic mass is 9.60. The first-order valence-corrected chi connectivity index (χ1v) is 22.4. The Morgan fingerprint density at radius 3 is 1.43 bits per heavy atom. The van der Waals surface area contributed by atoms with Crippen LogP contribution in [0.15, 0.2) is 177 Å². The smallest absolute Gasteiger partial charge is 0.164 e. The fourth-order valence-electron chi connectivity index (χ4n) is 10.2. The minimum absolute atomic E-state index is 0.0910. The molecule has 0 bridgehead atoms. The van der Waals surface area contributed by atoms with Crippen LogP contribution in [-0.2, 0) is 0 Å². The molecule has 12 heteroatoms. The number of rotatable bonds is 5. The fraction of sp³-hybridized carbons (Fsp3) is 0. The summed E-state index contributed by atoms with van der Waals surface area (Å²) in [6.45, 7) is 0. The van der Waals surface area contributed by atoms with Crippen molar-refractivity contribution in [2.45, 2.75) is 0 Å². The normalized spacial score (nSPS) is 12.1. The van der Waals surface area contributed by atoms with Crippen LogP contribution in [0.4, 0.5) is 0 Å². The highest BCUT2D eigenvalue weighted by Gasteiger charge is 2.22. The Morgan fingerprint density at radius 2 is 0.797 bits per heavy atom. The highest BCUT2D eigenvalue weighted by molar-refractivity contribution is 6.68. The van der Waals surface area contributed by atoms with Gasteiger partial charge in [0.15, 0.2) is 17.5 Å². The van der Waals surface area contributed by atoms with Crippen LogP contribution in [0.2, 0.25) is 0 Å². The van der Waals surface area contributed by atoms with Gasteiger partial charge in [0.2, 0.25) is 0 Å². The van der Waals surface area contributed by atoms with Gasteiger partial charge < -0.3 is 17.8 Å². The Kier molecular flexibility index (Phi) is 8.48. The van der Waals surface area contributed by atoms with E-state index in [1.165, 1.54) is 10.8 Å². The molecule has 0 spiro atoms. The summed E-state index contributed by atoms with van der Waals surface area (Å²) < 4.78 is 21.8. The molecule has 9 aromatic carbocycles. The Morgan fingerprint density at radius 1 is 0.333 bits per heavy atom. The first-order valence-electron chi connectivity index (χ1n) is 22.4. The summed E-state index contributed by atoms with van der Waals surface area (Å²) in [5, 5.41) is 8.34. The molecule has 0 fully saturated rings. The van der Waals surface area contributed by atoms with Gasteiger partial charge in [-0.3, -0.25) is 0 Å². The molecule has 0 aliphatic rings. The summed E-state index contributed by atoms with van der Waals surface area (Å²) in [6, 6.07) is 55.7. The van der Waals surface area contributed by atoms with Gasteiger partial charge in [-0.15, -0.1) is 16.4 Å². The number of benzene rings is 9. The van der Waals surface area contributed by atoms with Crippen LogP contribution < -0.4 is 27.3 Å². The van der Waals surface area contributed by atoms with Crippen molar-refractivity contribution in [3.8, 4) is 51.0 Å². The standard InChI is InChI=1S/C57H27B5N4O3/c58-50-49(51(59)53(61)54(62)52(50)60)57-64-55(29-17-21-36-35-10-3-6-14-42(35)68-46(36)25-29)63-56(65-57)30-18-22-38-37-20-16-28(24-45(37)69-47(38)26-30)32-11-7-15-44-48(32)39-27-31(19-23-43(39)67-44)66-40-12-4-1-8-33(40)34-9-2-5-13-41(34)66/h1-27H. The number of hydrogen-bond donors (Lipinski definition) is 0. The molecule has 0 aliphatic heterocycles. The van der Waals surface area contributed by atoms with Crippen molar-refractivity contribution in [3.05, 3.63) is 164 Å². The summed E-state index contributed by atoms with van der Waals surface area (Å²) in [7, 11) is 32.1. The summed E-state index contributed by atoms with van der Waals surface area (Å²) in [6.07, 6.45) is 0. The van der Waals surface area contributed by atoms with Crippen molar-refractivity contribution in [2.75, 3.05) is 0 Å². The van der Waals surface area contributed by atoms with E-state index in [1.54, 1.807) is 0 Å². The molecule has 10 radical (unpaired) electrons. The molecule has 0 aliphatic carbocycles. The monoisotopic (exact) mass is 870 g/mol. The van der Waals surface area contributed by atoms with Crippen LogP contribution in [-0.4, -0.2) is 58.8 Å². The second-order valence-electron chi connectivity index (χ2n) is 17.4. The molecule has 0 amide bonds. The Bertz CT molecular complexity index is 4450.